The van der Waals surface area contributed by atoms with Crippen molar-refractivity contribution in [2.45, 2.75) is 26.9 Å². The van der Waals surface area contributed by atoms with Crippen molar-refractivity contribution < 1.29 is 4.79 Å². The number of primary amides is 1. The predicted molar refractivity (Wildman–Crippen MR) is 117 cm³/mol. The standard InChI is InChI=1S/C21H22ClN3O2.ClH/c1-12(2)11-25-18(10-23)19(13-3-6-15(22)7-4-13)17-9-14(20(24)26)5-8-16(17)21(25)27;/h3-9,12H,10-11,23H2,1-2H3,(H2,24,26);1H. The number of carbonyl (C=O) groups excluding carboxylic acids is 1. The Labute approximate surface area is 174 Å². The summed E-state index contributed by atoms with van der Waals surface area (Å²) in [6.45, 7) is 4.85. The van der Waals surface area contributed by atoms with Crippen molar-refractivity contribution in [2.24, 2.45) is 17.4 Å². The summed E-state index contributed by atoms with van der Waals surface area (Å²) in [6.07, 6.45) is 0. The molecule has 0 spiro atoms. The lowest BCUT2D eigenvalue weighted by atomic mass is 9.95. The second-order valence-corrected chi connectivity index (χ2v) is 7.40. The molecule has 0 saturated heterocycles. The molecule has 0 atom stereocenters. The molecule has 4 N–H and O–H groups in total. The number of halogens is 2. The number of nitrogens with zero attached hydrogens (tertiary/aromatic N) is 1. The molecule has 0 aliphatic rings. The molecule has 0 aliphatic heterocycles. The van der Waals surface area contributed by atoms with E-state index < -0.39 is 5.91 Å². The highest BCUT2D eigenvalue weighted by molar-refractivity contribution is 6.30. The molecule has 0 aliphatic carbocycles. The van der Waals surface area contributed by atoms with Crippen LogP contribution >= 0.6 is 24.0 Å². The summed E-state index contributed by atoms with van der Waals surface area (Å²) in [7, 11) is 0. The summed E-state index contributed by atoms with van der Waals surface area (Å²) in [5.74, 6) is -0.270. The zero-order valence-electron chi connectivity index (χ0n) is 15.7. The van der Waals surface area contributed by atoms with Gasteiger partial charge in [-0.1, -0.05) is 37.6 Å². The van der Waals surface area contributed by atoms with Gasteiger partial charge in [0.2, 0.25) is 5.91 Å². The van der Waals surface area contributed by atoms with E-state index in [1.54, 1.807) is 34.9 Å². The van der Waals surface area contributed by atoms with E-state index in [1.165, 1.54) is 0 Å². The number of benzene rings is 2. The zero-order valence-corrected chi connectivity index (χ0v) is 17.3. The van der Waals surface area contributed by atoms with Gasteiger partial charge < -0.3 is 16.0 Å². The van der Waals surface area contributed by atoms with Crippen LogP contribution in [0.25, 0.3) is 21.9 Å². The average molecular weight is 420 g/mol. The Morgan fingerprint density at radius 2 is 1.75 bits per heavy atom. The molecule has 28 heavy (non-hydrogen) atoms. The van der Waals surface area contributed by atoms with Gasteiger partial charge in [0.15, 0.2) is 0 Å². The van der Waals surface area contributed by atoms with Gasteiger partial charge in [-0.25, -0.2) is 0 Å². The van der Waals surface area contributed by atoms with Crippen molar-refractivity contribution in [1.82, 2.24) is 4.57 Å². The summed E-state index contributed by atoms with van der Waals surface area (Å²) in [4.78, 5) is 24.8. The number of fused-ring (bicyclic) bond motifs is 1. The lowest BCUT2D eigenvalue weighted by Crippen LogP contribution is -2.28. The zero-order chi connectivity index (χ0) is 19.7. The molecule has 5 nitrogen and oxygen atoms in total. The van der Waals surface area contributed by atoms with E-state index in [-0.39, 0.29) is 30.4 Å². The van der Waals surface area contributed by atoms with Gasteiger partial charge in [0, 0.05) is 40.3 Å². The lowest BCUT2D eigenvalue weighted by Gasteiger charge is -2.21. The quantitative estimate of drug-likeness (QED) is 0.655. The minimum atomic E-state index is -0.542. The molecule has 0 bridgehead atoms. The summed E-state index contributed by atoms with van der Waals surface area (Å²) in [5.41, 5.74) is 14.2. The van der Waals surface area contributed by atoms with E-state index in [2.05, 4.69) is 13.8 Å². The van der Waals surface area contributed by atoms with Gasteiger partial charge in [-0.3, -0.25) is 9.59 Å². The van der Waals surface area contributed by atoms with Gasteiger partial charge in [0.05, 0.1) is 0 Å². The van der Waals surface area contributed by atoms with Gasteiger partial charge in [-0.15, -0.1) is 12.4 Å². The first-order chi connectivity index (χ1) is 12.8. The minimum absolute atomic E-state index is 0. The molecule has 3 rings (SSSR count). The molecule has 148 valence electrons. The fourth-order valence-corrected chi connectivity index (χ4v) is 3.48. The molecule has 1 aromatic heterocycles. The first-order valence-corrected chi connectivity index (χ1v) is 9.16. The summed E-state index contributed by atoms with van der Waals surface area (Å²) >= 11 is 6.04. The van der Waals surface area contributed by atoms with Crippen LogP contribution in [0.3, 0.4) is 0 Å². The highest BCUT2D eigenvalue weighted by atomic mass is 35.5. The third kappa shape index (κ3) is 4.07. The molecule has 1 heterocycles. The van der Waals surface area contributed by atoms with Gasteiger partial charge in [-0.2, -0.15) is 0 Å². The van der Waals surface area contributed by atoms with Gasteiger partial charge in [-0.05, 0) is 47.2 Å². The number of hydrogen-bond donors (Lipinski definition) is 2. The van der Waals surface area contributed by atoms with Crippen LogP contribution in [0.2, 0.25) is 5.02 Å². The second kappa shape index (κ2) is 8.78. The normalized spacial score (nSPS) is 10.9. The number of amides is 1. The van der Waals surface area contributed by atoms with E-state index in [0.29, 0.717) is 27.9 Å². The topological polar surface area (TPSA) is 91.1 Å². The molecule has 1 amide bonds. The molecule has 2 aromatic carbocycles. The van der Waals surface area contributed by atoms with Crippen LogP contribution in [-0.4, -0.2) is 10.5 Å². The largest absolute Gasteiger partial charge is 0.366 e. The SMILES string of the molecule is CC(C)Cn1c(CN)c(-c2ccc(Cl)cc2)c2cc(C(N)=O)ccc2c1=O.Cl. The Hall–Kier alpha value is -2.34. The molecular weight excluding hydrogens is 397 g/mol. The fraction of sp³-hybridized carbons (Fsp3) is 0.238. The molecule has 0 fully saturated rings. The predicted octanol–water partition coefficient (Wildman–Crippen LogP) is 3.96. The maximum atomic E-state index is 13.1. The van der Waals surface area contributed by atoms with Gasteiger partial charge in [0.1, 0.15) is 0 Å². The van der Waals surface area contributed by atoms with Gasteiger partial charge in [0.25, 0.3) is 5.56 Å². The molecular formula is C21H23Cl2N3O2. The molecule has 7 heteroatoms. The Morgan fingerprint density at radius 1 is 1.11 bits per heavy atom. The van der Waals surface area contributed by atoms with Crippen LogP contribution in [0.15, 0.2) is 47.3 Å². The summed E-state index contributed by atoms with van der Waals surface area (Å²) in [5, 5.41) is 1.81. The third-order valence-electron chi connectivity index (χ3n) is 4.54. The third-order valence-corrected chi connectivity index (χ3v) is 4.79. The number of carbonyl (C=O) groups is 1. The molecule has 0 saturated carbocycles. The number of pyridine rings is 1. The molecule has 0 unspecified atom stereocenters. The smallest absolute Gasteiger partial charge is 0.258 e. The van der Waals surface area contributed by atoms with Crippen molar-refractivity contribution >= 4 is 40.7 Å². The Balaban J connectivity index is 0.00000280. The van der Waals surface area contributed by atoms with E-state index >= 15 is 0 Å². The van der Waals surface area contributed by atoms with Crippen molar-refractivity contribution in [3.05, 3.63) is 69.1 Å². The molecule has 0 radical (unpaired) electrons. The van der Waals surface area contributed by atoms with Crippen molar-refractivity contribution in [2.75, 3.05) is 0 Å². The highest BCUT2D eigenvalue weighted by Crippen LogP contribution is 2.32. The van der Waals surface area contributed by atoms with Crippen LogP contribution in [0, 0.1) is 5.92 Å². The Bertz CT molecular complexity index is 1070. The Kier molecular flexibility index (Phi) is 6.88. The van der Waals surface area contributed by atoms with Crippen LogP contribution in [0.4, 0.5) is 0 Å². The highest BCUT2D eigenvalue weighted by Gasteiger charge is 2.19. The van der Waals surface area contributed by atoms with Crippen molar-refractivity contribution in [3.8, 4) is 11.1 Å². The minimum Gasteiger partial charge on any atom is -0.366 e. The van der Waals surface area contributed by atoms with Crippen molar-refractivity contribution in [1.29, 1.82) is 0 Å². The van der Waals surface area contributed by atoms with Crippen LogP contribution in [0.5, 0.6) is 0 Å². The first-order valence-electron chi connectivity index (χ1n) is 8.78. The van der Waals surface area contributed by atoms with E-state index in [4.69, 9.17) is 23.1 Å². The number of hydrogen-bond acceptors (Lipinski definition) is 3. The fourth-order valence-electron chi connectivity index (χ4n) is 3.36. The lowest BCUT2D eigenvalue weighted by molar-refractivity contribution is 0.100. The average Bonchev–Trinajstić information content (AvgIpc) is 2.63. The van der Waals surface area contributed by atoms with E-state index in [0.717, 1.165) is 16.8 Å². The van der Waals surface area contributed by atoms with Crippen LogP contribution < -0.4 is 17.0 Å². The Morgan fingerprint density at radius 3 is 2.29 bits per heavy atom. The van der Waals surface area contributed by atoms with Crippen LogP contribution in [0.1, 0.15) is 29.9 Å². The van der Waals surface area contributed by atoms with Crippen molar-refractivity contribution in [3.63, 3.8) is 0 Å². The maximum Gasteiger partial charge on any atom is 0.258 e. The molecule has 3 aromatic rings. The number of rotatable bonds is 5. The van der Waals surface area contributed by atoms with Gasteiger partial charge >= 0.3 is 0 Å². The second-order valence-electron chi connectivity index (χ2n) is 6.97. The first kappa shape index (κ1) is 22.0. The summed E-state index contributed by atoms with van der Waals surface area (Å²) < 4.78 is 1.74. The van der Waals surface area contributed by atoms with E-state index in [1.807, 2.05) is 12.1 Å². The summed E-state index contributed by atoms with van der Waals surface area (Å²) in [6, 6.07) is 12.3. The number of nitrogens with two attached hydrogens (primary N) is 2. The monoisotopic (exact) mass is 419 g/mol. The van der Waals surface area contributed by atoms with Crippen LogP contribution in [-0.2, 0) is 13.1 Å². The van der Waals surface area contributed by atoms with E-state index in [9.17, 15) is 9.59 Å². The number of aromatic nitrogens is 1. The maximum absolute atomic E-state index is 13.1.